The zero-order valence-corrected chi connectivity index (χ0v) is 14.5. The number of hydrogen-bond acceptors (Lipinski definition) is 5. The Bertz CT molecular complexity index is 1050. The quantitative estimate of drug-likeness (QED) is 0.594. The third kappa shape index (κ3) is 2.81. The molecule has 1 amide bonds. The Morgan fingerprint density at radius 3 is 2.56 bits per heavy atom. The molecule has 0 saturated carbocycles. The van der Waals surface area contributed by atoms with Gasteiger partial charge >= 0.3 is 17.8 Å². The fourth-order valence-electron chi connectivity index (χ4n) is 2.80. The van der Waals surface area contributed by atoms with Crippen molar-refractivity contribution in [3.05, 3.63) is 53.7 Å². The first-order valence-corrected chi connectivity index (χ1v) is 8.44. The van der Waals surface area contributed by atoms with Crippen molar-refractivity contribution in [3.8, 4) is 5.95 Å². The largest absolute Gasteiger partial charge is 0.538 e. The van der Waals surface area contributed by atoms with Gasteiger partial charge < -0.3 is 9.63 Å². The van der Waals surface area contributed by atoms with E-state index in [9.17, 15) is 23.1 Å². The Kier molecular flexibility index (Phi) is 3.88. The molecule has 2 aromatic carbocycles. The van der Waals surface area contributed by atoms with Crippen molar-refractivity contribution in [1.82, 2.24) is 5.27 Å². The summed E-state index contributed by atoms with van der Waals surface area (Å²) in [4.78, 5) is 15.3. The number of fused-ring (bicyclic) bond motifs is 2. The molecule has 0 aliphatic carbocycles. The molecule has 0 fully saturated rings. The summed E-state index contributed by atoms with van der Waals surface area (Å²) in [5, 5.41) is 15.3. The number of halogens is 3. The lowest BCUT2D eigenvalue weighted by atomic mass is 10.1. The molecule has 0 saturated heterocycles. The number of benzene rings is 2. The summed E-state index contributed by atoms with van der Waals surface area (Å²) < 4.78 is 45.0. The molecule has 0 radical (unpaired) electrons. The van der Waals surface area contributed by atoms with E-state index in [4.69, 9.17) is 0 Å². The maximum absolute atomic E-state index is 13.2. The van der Waals surface area contributed by atoms with Gasteiger partial charge in [-0.05, 0) is 30.3 Å². The average molecular weight is 393 g/mol. The number of aromatic nitrogens is 2. The molecule has 1 aliphatic heterocycles. The number of carbonyl (C=O) groups is 1. The van der Waals surface area contributed by atoms with E-state index in [1.165, 1.54) is 24.9 Å². The summed E-state index contributed by atoms with van der Waals surface area (Å²) in [6.45, 7) is 0. The first kappa shape index (κ1) is 17.4. The lowest BCUT2D eigenvalue weighted by molar-refractivity contribution is -0.741. The number of carbonyl (C=O) groups excluding carboxylic acids is 1. The minimum Gasteiger partial charge on any atom is -0.538 e. The van der Waals surface area contributed by atoms with E-state index in [0.717, 1.165) is 21.7 Å². The van der Waals surface area contributed by atoms with Crippen molar-refractivity contribution in [2.75, 3.05) is 4.90 Å². The molecule has 1 aliphatic rings. The van der Waals surface area contributed by atoms with Crippen LogP contribution < -0.4 is 14.7 Å². The second-order valence-electron chi connectivity index (χ2n) is 5.72. The van der Waals surface area contributed by atoms with Crippen molar-refractivity contribution in [2.24, 2.45) is 7.05 Å². The Morgan fingerprint density at radius 2 is 1.89 bits per heavy atom. The van der Waals surface area contributed by atoms with Gasteiger partial charge in [-0.1, -0.05) is 28.6 Å². The number of alkyl halides is 3. The molecule has 0 atom stereocenters. The lowest BCUT2D eigenvalue weighted by Gasteiger charge is -2.30. The van der Waals surface area contributed by atoms with Crippen LogP contribution in [0, 0.1) is 0 Å². The van der Waals surface area contributed by atoms with Crippen molar-refractivity contribution in [3.63, 3.8) is 0 Å². The number of hydrogen-bond donors (Lipinski definition) is 0. The van der Waals surface area contributed by atoms with Crippen LogP contribution in [0.4, 0.5) is 24.5 Å². The predicted octanol–water partition coefficient (Wildman–Crippen LogP) is 3.03. The van der Waals surface area contributed by atoms with E-state index in [0.29, 0.717) is 15.5 Å². The van der Waals surface area contributed by atoms with E-state index < -0.39 is 23.6 Å². The van der Waals surface area contributed by atoms with Gasteiger partial charge in [0.1, 0.15) is 0 Å². The normalized spacial score (nSPS) is 13.3. The molecule has 27 heavy (non-hydrogen) atoms. The standard InChI is InChI=1S/C17H10F3N3O3S/c1-22-14(16(25)26-21-22)15(24)23-10-4-2-3-5-12(10)27-13-7-6-9(8-11(13)23)17(18,19)20/h2-8H,1H3. The summed E-state index contributed by atoms with van der Waals surface area (Å²) >= 11 is 1.24. The van der Waals surface area contributed by atoms with Crippen LogP contribution in [0.25, 0.3) is 0 Å². The van der Waals surface area contributed by atoms with Gasteiger partial charge in [-0.3, -0.25) is 9.69 Å². The molecule has 4 rings (SSSR count). The molecule has 10 heteroatoms. The van der Waals surface area contributed by atoms with Crippen LogP contribution in [0.2, 0.25) is 0 Å². The minimum absolute atomic E-state index is 0.0409. The van der Waals surface area contributed by atoms with Crippen molar-refractivity contribution >= 4 is 29.0 Å². The average Bonchev–Trinajstić information content (AvgIpc) is 2.96. The van der Waals surface area contributed by atoms with Crippen LogP contribution in [0.1, 0.15) is 16.1 Å². The topological polar surface area (TPSA) is 73.3 Å². The van der Waals surface area contributed by atoms with Gasteiger partial charge in [0.2, 0.25) is 0 Å². The SMILES string of the molecule is C[n+]1noc([O-])c1C(=O)N1c2ccccc2Sc2ccc(C(F)(F)F)cc21. The van der Waals surface area contributed by atoms with Gasteiger partial charge in [0.15, 0.2) is 13.0 Å². The van der Waals surface area contributed by atoms with E-state index >= 15 is 0 Å². The van der Waals surface area contributed by atoms with Crippen LogP contribution in [0.3, 0.4) is 0 Å². The summed E-state index contributed by atoms with van der Waals surface area (Å²) in [5.41, 5.74) is -0.866. The highest BCUT2D eigenvalue weighted by atomic mass is 32.2. The molecule has 2 heterocycles. The van der Waals surface area contributed by atoms with Gasteiger partial charge in [-0.25, -0.2) is 0 Å². The minimum atomic E-state index is -4.57. The second-order valence-corrected chi connectivity index (χ2v) is 6.81. The van der Waals surface area contributed by atoms with E-state index in [1.807, 2.05) is 0 Å². The smallest absolute Gasteiger partial charge is 0.416 e. The monoisotopic (exact) mass is 393 g/mol. The van der Waals surface area contributed by atoms with Gasteiger partial charge in [0, 0.05) is 9.79 Å². The van der Waals surface area contributed by atoms with E-state index in [2.05, 4.69) is 9.79 Å². The Labute approximate surface area is 154 Å². The molecule has 6 nitrogen and oxygen atoms in total. The van der Waals surface area contributed by atoms with Crippen molar-refractivity contribution in [1.29, 1.82) is 0 Å². The van der Waals surface area contributed by atoms with Crippen LogP contribution in [-0.4, -0.2) is 11.2 Å². The fraction of sp³-hybridized carbons (Fsp3) is 0.118. The number of aryl methyl sites for hydroxylation is 1. The Morgan fingerprint density at radius 1 is 1.19 bits per heavy atom. The molecule has 138 valence electrons. The van der Waals surface area contributed by atoms with Crippen LogP contribution in [-0.2, 0) is 13.2 Å². The molecule has 3 aromatic rings. The van der Waals surface area contributed by atoms with Crippen LogP contribution in [0.5, 0.6) is 5.95 Å². The predicted molar refractivity (Wildman–Crippen MR) is 85.6 cm³/mol. The van der Waals surface area contributed by atoms with Crippen molar-refractivity contribution in [2.45, 2.75) is 16.0 Å². The zero-order valence-electron chi connectivity index (χ0n) is 13.6. The fourth-order valence-corrected chi connectivity index (χ4v) is 3.83. The number of rotatable bonds is 1. The highest BCUT2D eigenvalue weighted by Gasteiger charge is 2.38. The maximum Gasteiger partial charge on any atom is 0.416 e. The Balaban J connectivity index is 1.94. The van der Waals surface area contributed by atoms with E-state index in [1.54, 1.807) is 24.3 Å². The number of amides is 1. The van der Waals surface area contributed by atoms with Crippen LogP contribution in [0.15, 0.2) is 56.8 Å². The highest BCUT2D eigenvalue weighted by Crippen LogP contribution is 2.50. The molecule has 1 aromatic heterocycles. The summed E-state index contributed by atoms with van der Waals surface area (Å²) in [7, 11) is 1.34. The molecular weight excluding hydrogens is 383 g/mol. The van der Waals surface area contributed by atoms with Crippen molar-refractivity contribution < 1.29 is 32.3 Å². The number of anilines is 2. The third-order valence-electron chi connectivity index (χ3n) is 4.02. The van der Waals surface area contributed by atoms with Gasteiger partial charge in [0.05, 0.1) is 22.2 Å². The molecule has 0 unspecified atom stereocenters. The third-order valence-corrected chi connectivity index (χ3v) is 5.15. The number of para-hydroxylation sites is 1. The van der Waals surface area contributed by atoms with Crippen LogP contribution >= 0.6 is 11.8 Å². The summed E-state index contributed by atoms with van der Waals surface area (Å²) in [6.07, 6.45) is -4.57. The first-order valence-electron chi connectivity index (χ1n) is 7.63. The van der Waals surface area contributed by atoms with Gasteiger partial charge in [-0.15, -0.1) is 0 Å². The molecule has 0 N–H and O–H groups in total. The second kappa shape index (κ2) is 6.02. The highest BCUT2D eigenvalue weighted by molar-refractivity contribution is 7.99. The molecular formula is C17H10F3N3O3S. The van der Waals surface area contributed by atoms with E-state index in [-0.39, 0.29) is 11.4 Å². The Hall–Kier alpha value is -3.01. The summed E-state index contributed by atoms with van der Waals surface area (Å²) in [6, 6.07) is 9.92. The molecule has 0 bridgehead atoms. The number of nitrogens with zero attached hydrogens (tertiary/aromatic N) is 3. The lowest BCUT2D eigenvalue weighted by Crippen LogP contribution is -2.42. The van der Waals surface area contributed by atoms with Gasteiger partial charge in [-0.2, -0.15) is 13.2 Å². The summed E-state index contributed by atoms with van der Waals surface area (Å²) in [5.74, 6) is -1.79. The first-order chi connectivity index (χ1) is 12.8. The maximum atomic E-state index is 13.2. The van der Waals surface area contributed by atoms with Gasteiger partial charge in [0.25, 0.3) is 0 Å². The molecule has 0 spiro atoms. The zero-order chi connectivity index (χ0) is 19.3.